The maximum Gasteiger partial charge on any atom is 0.238 e. The molecular weight excluding hydrogens is 258 g/mol. The van der Waals surface area contributed by atoms with Crippen LogP contribution in [-0.2, 0) is 4.79 Å². The smallest absolute Gasteiger partial charge is 0.238 e. The third kappa shape index (κ3) is 4.27. The highest BCUT2D eigenvalue weighted by atomic mass is 32.2. The first-order valence-corrected chi connectivity index (χ1v) is 7.36. The molecule has 0 spiro atoms. The lowest BCUT2D eigenvalue weighted by Crippen LogP contribution is -2.41. The summed E-state index contributed by atoms with van der Waals surface area (Å²) in [5, 5.41) is 12.2. The van der Waals surface area contributed by atoms with Gasteiger partial charge < -0.3 is 5.32 Å². The molecule has 0 saturated carbocycles. The van der Waals surface area contributed by atoms with Crippen LogP contribution in [0.15, 0.2) is 24.3 Å². The zero-order valence-corrected chi connectivity index (χ0v) is 11.7. The molecule has 0 aliphatic carbocycles. The fourth-order valence-corrected chi connectivity index (χ4v) is 3.15. The van der Waals surface area contributed by atoms with Crippen LogP contribution in [0.3, 0.4) is 0 Å². The molecule has 19 heavy (non-hydrogen) atoms. The predicted octanol–water partition coefficient (Wildman–Crippen LogP) is 1.93. The van der Waals surface area contributed by atoms with Crippen LogP contribution in [0.4, 0.5) is 5.69 Å². The molecule has 1 amide bonds. The number of hydrogen-bond acceptors (Lipinski definition) is 4. The number of benzene rings is 1. The third-order valence-electron chi connectivity index (χ3n) is 2.99. The van der Waals surface area contributed by atoms with E-state index >= 15 is 0 Å². The van der Waals surface area contributed by atoms with Gasteiger partial charge in [-0.15, -0.1) is 0 Å². The Kier molecular flexibility index (Phi) is 4.83. The number of nitriles is 1. The number of thioether (sulfide) groups is 1. The first-order valence-electron chi connectivity index (χ1n) is 6.31. The molecule has 100 valence electrons. The maximum absolute atomic E-state index is 11.9. The summed E-state index contributed by atoms with van der Waals surface area (Å²) in [5.74, 6) is 1.09. The van der Waals surface area contributed by atoms with Crippen molar-refractivity contribution >= 4 is 23.4 Å². The van der Waals surface area contributed by atoms with Crippen molar-refractivity contribution in [2.24, 2.45) is 0 Å². The Bertz CT molecular complexity index is 480. The minimum atomic E-state index is 0.00353. The Morgan fingerprint density at radius 2 is 2.26 bits per heavy atom. The Hall–Kier alpha value is -1.51. The van der Waals surface area contributed by atoms with Gasteiger partial charge in [0.25, 0.3) is 0 Å². The molecule has 2 rings (SSSR count). The van der Waals surface area contributed by atoms with Crippen LogP contribution in [0.1, 0.15) is 12.5 Å². The van der Waals surface area contributed by atoms with Crippen LogP contribution in [0.2, 0.25) is 0 Å². The van der Waals surface area contributed by atoms with Crippen molar-refractivity contribution < 1.29 is 4.79 Å². The Balaban J connectivity index is 1.85. The summed E-state index contributed by atoms with van der Waals surface area (Å²) in [7, 11) is 0. The number of carbonyl (C=O) groups is 1. The normalized spacial score (nSPS) is 19.7. The number of amides is 1. The molecule has 5 heteroatoms. The molecule has 1 aliphatic heterocycles. The monoisotopic (exact) mass is 275 g/mol. The number of hydrogen-bond donors (Lipinski definition) is 1. The second-order valence-corrected chi connectivity index (χ2v) is 6.20. The number of nitrogens with zero attached hydrogens (tertiary/aromatic N) is 2. The highest BCUT2D eigenvalue weighted by molar-refractivity contribution is 7.99. The summed E-state index contributed by atoms with van der Waals surface area (Å²) in [5.41, 5.74) is 1.34. The van der Waals surface area contributed by atoms with Crippen molar-refractivity contribution in [1.29, 1.82) is 5.26 Å². The second-order valence-electron chi connectivity index (χ2n) is 4.65. The molecule has 4 nitrogen and oxygen atoms in total. The first-order chi connectivity index (χ1) is 9.17. The van der Waals surface area contributed by atoms with Gasteiger partial charge in [0, 0.05) is 29.8 Å². The van der Waals surface area contributed by atoms with Crippen molar-refractivity contribution in [2.75, 3.05) is 30.7 Å². The van der Waals surface area contributed by atoms with E-state index in [4.69, 9.17) is 5.26 Å². The maximum atomic E-state index is 11.9. The van der Waals surface area contributed by atoms with E-state index in [-0.39, 0.29) is 5.91 Å². The topological polar surface area (TPSA) is 56.1 Å². The lowest BCUT2D eigenvalue weighted by atomic mass is 10.2. The molecule has 1 unspecified atom stereocenters. The molecule has 1 aliphatic rings. The number of rotatable bonds is 3. The van der Waals surface area contributed by atoms with Crippen LogP contribution in [0, 0.1) is 11.3 Å². The van der Waals surface area contributed by atoms with Crippen LogP contribution in [-0.4, -0.2) is 41.4 Å². The van der Waals surface area contributed by atoms with Gasteiger partial charge in [0.05, 0.1) is 18.2 Å². The number of carbonyl (C=O) groups excluding carboxylic acids is 1. The van der Waals surface area contributed by atoms with Crippen molar-refractivity contribution in [3.63, 3.8) is 0 Å². The lowest BCUT2D eigenvalue weighted by Gasteiger charge is -2.29. The molecule has 0 bridgehead atoms. The standard InChI is InChI=1S/C14H17N3OS/c1-11-9-17(6-7-19-11)10-14(18)16-13-4-2-12(8-15)3-5-13/h2-5,11H,6-7,9-10H2,1H3,(H,16,18). The summed E-state index contributed by atoms with van der Waals surface area (Å²) in [6.45, 7) is 4.56. The molecule has 1 N–H and O–H groups in total. The van der Waals surface area contributed by atoms with Crippen molar-refractivity contribution in [2.45, 2.75) is 12.2 Å². The quantitative estimate of drug-likeness (QED) is 0.916. The van der Waals surface area contributed by atoms with Crippen LogP contribution < -0.4 is 5.32 Å². The van der Waals surface area contributed by atoms with Gasteiger partial charge in [0.2, 0.25) is 5.91 Å². The second kappa shape index (κ2) is 6.60. The zero-order chi connectivity index (χ0) is 13.7. The van der Waals surface area contributed by atoms with Crippen molar-refractivity contribution in [3.8, 4) is 6.07 Å². The summed E-state index contributed by atoms with van der Waals surface area (Å²) in [6.07, 6.45) is 0. The highest BCUT2D eigenvalue weighted by Crippen LogP contribution is 2.17. The van der Waals surface area contributed by atoms with Gasteiger partial charge in [0.15, 0.2) is 0 Å². The SMILES string of the molecule is CC1CN(CC(=O)Nc2ccc(C#N)cc2)CCS1. The Morgan fingerprint density at radius 3 is 2.89 bits per heavy atom. The Morgan fingerprint density at radius 1 is 1.53 bits per heavy atom. The fourth-order valence-electron chi connectivity index (χ4n) is 2.07. The first kappa shape index (κ1) is 13.9. The highest BCUT2D eigenvalue weighted by Gasteiger charge is 2.18. The van der Waals surface area contributed by atoms with E-state index in [9.17, 15) is 4.79 Å². The molecular formula is C14H17N3OS. The summed E-state index contributed by atoms with van der Waals surface area (Å²) >= 11 is 1.95. The van der Waals surface area contributed by atoms with E-state index in [0.29, 0.717) is 17.4 Å². The van der Waals surface area contributed by atoms with E-state index in [0.717, 1.165) is 24.5 Å². The van der Waals surface area contributed by atoms with Gasteiger partial charge in [-0.05, 0) is 24.3 Å². The van der Waals surface area contributed by atoms with Crippen LogP contribution in [0.5, 0.6) is 0 Å². The average molecular weight is 275 g/mol. The average Bonchev–Trinajstić information content (AvgIpc) is 2.39. The van der Waals surface area contributed by atoms with E-state index in [1.807, 2.05) is 11.8 Å². The molecule has 0 aromatic heterocycles. The van der Waals surface area contributed by atoms with E-state index in [1.54, 1.807) is 24.3 Å². The van der Waals surface area contributed by atoms with Crippen molar-refractivity contribution in [1.82, 2.24) is 4.90 Å². The van der Waals surface area contributed by atoms with Gasteiger partial charge >= 0.3 is 0 Å². The van der Waals surface area contributed by atoms with Gasteiger partial charge in [-0.1, -0.05) is 6.92 Å². The third-order valence-corrected chi connectivity index (χ3v) is 4.13. The summed E-state index contributed by atoms with van der Waals surface area (Å²) < 4.78 is 0. The molecule has 1 aromatic rings. The van der Waals surface area contributed by atoms with E-state index < -0.39 is 0 Å². The molecule has 0 radical (unpaired) electrons. The number of anilines is 1. The molecule has 1 atom stereocenters. The molecule has 1 fully saturated rings. The Labute approximate surface area is 117 Å². The minimum Gasteiger partial charge on any atom is -0.325 e. The summed E-state index contributed by atoms with van der Waals surface area (Å²) in [6, 6.07) is 8.97. The fraction of sp³-hybridized carbons (Fsp3) is 0.429. The predicted molar refractivity (Wildman–Crippen MR) is 78.1 cm³/mol. The zero-order valence-electron chi connectivity index (χ0n) is 10.9. The van der Waals surface area contributed by atoms with Gasteiger partial charge in [-0.3, -0.25) is 9.69 Å². The minimum absolute atomic E-state index is 0.00353. The van der Waals surface area contributed by atoms with Crippen molar-refractivity contribution in [3.05, 3.63) is 29.8 Å². The van der Waals surface area contributed by atoms with Gasteiger partial charge in [-0.2, -0.15) is 17.0 Å². The lowest BCUT2D eigenvalue weighted by molar-refractivity contribution is -0.117. The van der Waals surface area contributed by atoms with E-state index in [1.165, 1.54) is 0 Å². The van der Waals surface area contributed by atoms with Gasteiger partial charge in [-0.25, -0.2) is 0 Å². The molecule has 1 saturated heterocycles. The van der Waals surface area contributed by atoms with Crippen LogP contribution in [0.25, 0.3) is 0 Å². The molecule has 1 aromatic carbocycles. The number of nitrogens with one attached hydrogen (secondary N) is 1. The van der Waals surface area contributed by atoms with E-state index in [2.05, 4.69) is 23.2 Å². The van der Waals surface area contributed by atoms with Gasteiger partial charge in [0.1, 0.15) is 0 Å². The van der Waals surface area contributed by atoms with Crippen LogP contribution >= 0.6 is 11.8 Å². The summed E-state index contributed by atoms with van der Waals surface area (Å²) in [4.78, 5) is 14.1. The largest absolute Gasteiger partial charge is 0.325 e. The molecule has 1 heterocycles.